The van der Waals surface area contributed by atoms with Crippen LogP contribution in [0.15, 0.2) is 17.8 Å². The Labute approximate surface area is 119 Å². The molecule has 0 bridgehead atoms. The zero-order valence-electron chi connectivity index (χ0n) is 12.1. The normalized spacial score (nSPS) is 21.8. The van der Waals surface area contributed by atoms with E-state index in [-0.39, 0.29) is 11.8 Å². The maximum Gasteiger partial charge on any atom is 0.249 e. The van der Waals surface area contributed by atoms with Crippen LogP contribution in [-0.2, 0) is 23.1 Å². The van der Waals surface area contributed by atoms with Crippen molar-refractivity contribution in [2.24, 2.45) is 7.05 Å². The van der Waals surface area contributed by atoms with Gasteiger partial charge in [0.25, 0.3) is 0 Å². The summed E-state index contributed by atoms with van der Waals surface area (Å²) in [5, 5.41) is 4.33. The molecule has 0 spiro atoms. The van der Waals surface area contributed by atoms with Gasteiger partial charge in [0.2, 0.25) is 5.91 Å². The van der Waals surface area contributed by atoms with Gasteiger partial charge < -0.3 is 9.64 Å². The smallest absolute Gasteiger partial charge is 0.249 e. The monoisotopic (exact) mass is 275 g/mol. The SMILES string of the molecule is COCC1CN(C(=O)C2=CCCC2)Cc2cnn(C)c21. The van der Waals surface area contributed by atoms with Gasteiger partial charge in [0, 0.05) is 44.3 Å². The number of nitrogens with zero attached hydrogens (tertiary/aromatic N) is 3. The number of hydrogen-bond acceptors (Lipinski definition) is 3. The van der Waals surface area contributed by atoms with Gasteiger partial charge >= 0.3 is 0 Å². The molecule has 2 heterocycles. The number of fused-ring (bicyclic) bond motifs is 1. The Morgan fingerprint density at radius 3 is 3.10 bits per heavy atom. The number of amides is 1. The zero-order chi connectivity index (χ0) is 14.1. The summed E-state index contributed by atoms with van der Waals surface area (Å²) in [7, 11) is 3.66. The van der Waals surface area contributed by atoms with Crippen LogP contribution in [0.25, 0.3) is 0 Å². The van der Waals surface area contributed by atoms with E-state index in [0.717, 1.165) is 36.9 Å². The summed E-state index contributed by atoms with van der Waals surface area (Å²) in [6, 6.07) is 0. The lowest BCUT2D eigenvalue weighted by Gasteiger charge is -2.33. The van der Waals surface area contributed by atoms with E-state index in [9.17, 15) is 4.79 Å². The van der Waals surface area contributed by atoms with E-state index in [4.69, 9.17) is 4.74 Å². The zero-order valence-corrected chi connectivity index (χ0v) is 12.1. The lowest BCUT2D eigenvalue weighted by Crippen LogP contribution is -2.40. The molecule has 1 aromatic rings. The summed E-state index contributed by atoms with van der Waals surface area (Å²) in [6.07, 6.45) is 7.03. The average Bonchev–Trinajstić information content (AvgIpc) is 3.08. The van der Waals surface area contributed by atoms with Gasteiger partial charge in [0.15, 0.2) is 0 Å². The van der Waals surface area contributed by atoms with E-state index >= 15 is 0 Å². The van der Waals surface area contributed by atoms with Crippen LogP contribution in [0.1, 0.15) is 36.4 Å². The Morgan fingerprint density at radius 1 is 1.55 bits per heavy atom. The molecule has 3 rings (SSSR count). The highest BCUT2D eigenvalue weighted by atomic mass is 16.5. The number of hydrogen-bond donors (Lipinski definition) is 0. The second kappa shape index (κ2) is 5.40. The molecule has 20 heavy (non-hydrogen) atoms. The standard InChI is InChI=1S/C15H21N3O2/c1-17-14-12(7-16-17)8-18(9-13(14)10-20-2)15(19)11-5-3-4-6-11/h5,7,13H,3-4,6,8-10H2,1-2H3. The first-order valence-corrected chi connectivity index (χ1v) is 7.18. The molecular formula is C15H21N3O2. The maximum absolute atomic E-state index is 12.6. The number of carbonyl (C=O) groups is 1. The molecule has 2 aliphatic rings. The lowest BCUT2D eigenvalue weighted by molar-refractivity contribution is -0.128. The molecule has 0 saturated carbocycles. The molecule has 5 heteroatoms. The highest BCUT2D eigenvalue weighted by molar-refractivity contribution is 5.94. The summed E-state index contributed by atoms with van der Waals surface area (Å²) in [5.41, 5.74) is 3.33. The molecule has 5 nitrogen and oxygen atoms in total. The van der Waals surface area contributed by atoms with E-state index < -0.39 is 0 Å². The topological polar surface area (TPSA) is 47.4 Å². The van der Waals surface area contributed by atoms with Crippen molar-refractivity contribution < 1.29 is 9.53 Å². The van der Waals surface area contributed by atoms with E-state index in [1.807, 2.05) is 22.8 Å². The first kappa shape index (κ1) is 13.4. The van der Waals surface area contributed by atoms with Crippen molar-refractivity contribution in [3.8, 4) is 0 Å². The lowest BCUT2D eigenvalue weighted by atomic mass is 9.96. The molecule has 1 aliphatic carbocycles. The second-order valence-electron chi connectivity index (χ2n) is 5.64. The largest absolute Gasteiger partial charge is 0.384 e. The minimum absolute atomic E-state index is 0.193. The number of methoxy groups -OCH3 is 1. The summed E-state index contributed by atoms with van der Waals surface area (Å²) in [4.78, 5) is 14.5. The molecule has 0 fully saturated rings. The van der Waals surface area contributed by atoms with Crippen LogP contribution in [0, 0.1) is 0 Å². The summed E-state index contributed by atoms with van der Waals surface area (Å²) in [6.45, 7) is 2.01. The molecule has 0 N–H and O–H groups in total. The molecule has 0 aromatic carbocycles. The van der Waals surface area contributed by atoms with Crippen LogP contribution < -0.4 is 0 Å². The number of carbonyl (C=O) groups excluding carboxylic acids is 1. The predicted molar refractivity (Wildman–Crippen MR) is 75.2 cm³/mol. The Kier molecular flexibility index (Phi) is 3.61. The van der Waals surface area contributed by atoms with Crippen LogP contribution in [0.4, 0.5) is 0 Å². The third-order valence-corrected chi connectivity index (χ3v) is 4.22. The van der Waals surface area contributed by atoms with Crippen LogP contribution >= 0.6 is 0 Å². The number of ether oxygens (including phenoxy) is 1. The van der Waals surface area contributed by atoms with E-state index in [2.05, 4.69) is 11.2 Å². The van der Waals surface area contributed by atoms with Crippen LogP contribution in [0.3, 0.4) is 0 Å². The minimum atomic E-state index is 0.193. The van der Waals surface area contributed by atoms with E-state index in [0.29, 0.717) is 13.2 Å². The number of aryl methyl sites for hydroxylation is 1. The molecule has 1 aromatic heterocycles. The molecule has 0 saturated heterocycles. The fraction of sp³-hybridized carbons (Fsp3) is 0.600. The molecule has 108 valence electrons. The molecule has 1 atom stereocenters. The first-order chi connectivity index (χ1) is 9.70. The number of rotatable bonds is 3. The van der Waals surface area contributed by atoms with Gasteiger partial charge in [-0.25, -0.2) is 0 Å². The summed E-state index contributed by atoms with van der Waals surface area (Å²) < 4.78 is 7.23. The average molecular weight is 275 g/mol. The summed E-state index contributed by atoms with van der Waals surface area (Å²) >= 11 is 0. The Morgan fingerprint density at radius 2 is 2.40 bits per heavy atom. The maximum atomic E-state index is 12.6. The van der Waals surface area contributed by atoms with E-state index in [1.54, 1.807) is 7.11 Å². The molecular weight excluding hydrogens is 254 g/mol. The van der Waals surface area contributed by atoms with Gasteiger partial charge in [-0.1, -0.05) is 6.08 Å². The highest BCUT2D eigenvalue weighted by Crippen LogP contribution is 2.30. The highest BCUT2D eigenvalue weighted by Gasteiger charge is 2.32. The number of allylic oxidation sites excluding steroid dienone is 1. The molecule has 0 radical (unpaired) electrons. The quantitative estimate of drug-likeness (QED) is 0.842. The van der Waals surface area contributed by atoms with Gasteiger partial charge in [-0.2, -0.15) is 5.10 Å². The van der Waals surface area contributed by atoms with Gasteiger partial charge in [-0.15, -0.1) is 0 Å². The van der Waals surface area contributed by atoms with Crippen molar-refractivity contribution in [1.29, 1.82) is 0 Å². The van der Waals surface area contributed by atoms with Crippen LogP contribution in [0.2, 0.25) is 0 Å². The number of aromatic nitrogens is 2. The van der Waals surface area contributed by atoms with Crippen molar-refractivity contribution in [2.75, 3.05) is 20.3 Å². The summed E-state index contributed by atoms with van der Waals surface area (Å²) in [5.74, 6) is 0.403. The van der Waals surface area contributed by atoms with Gasteiger partial charge in [0.05, 0.1) is 18.5 Å². The fourth-order valence-electron chi connectivity index (χ4n) is 3.32. The van der Waals surface area contributed by atoms with E-state index in [1.165, 1.54) is 5.69 Å². The van der Waals surface area contributed by atoms with Crippen molar-refractivity contribution in [3.05, 3.63) is 29.1 Å². The fourth-order valence-corrected chi connectivity index (χ4v) is 3.32. The van der Waals surface area contributed by atoms with Crippen molar-refractivity contribution in [1.82, 2.24) is 14.7 Å². The Balaban J connectivity index is 1.84. The predicted octanol–water partition coefficient (Wildman–Crippen LogP) is 1.60. The molecule has 1 amide bonds. The van der Waals surface area contributed by atoms with Crippen molar-refractivity contribution in [3.63, 3.8) is 0 Å². The van der Waals surface area contributed by atoms with Gasteiger partial charge in [-0.3, -0.25) is 9.48 Å². The molecule has 1 aliphatic heterocycles. The second-order valence-corrected chi connectivity index (χ2v) is 5.64. The third-order valence-electron chi connectivity index (χ3n) is 4.22. The third kappa shape index (κ3) is 2.26. The van der Waals surface area contributed by atoms with Gasteiger partial charge in [-0.05, 0) is 19.3 Å². The first-order valence-electron chi connectivity index (χ1n) is 7.18. The van der Waals surface area contributed by atoms with Crippen molar-refractivity contribution in [2.45, 2.75) is 31.7 Å². The van der Waals surface area contributed by atoms with Crippen LogP contribution in [0.5, 0.6) is 0 Å². The van der Waals surface area contributed by atoms with Crippen molar-refractivity contribution >= 4 is 5.91 Å². The Bertz CT molecular complexity index is 547. The van der Waals surface area contributed by atoms with Crippen LogP contribution in [-0.4, -0.2) is 40.8 Å². The molecule has 1 unspecified atom stereocenters. The Hall–Kier alpha value is -1.62. The minimum Gasteiger partial charge on any atom is -0.384 e. The van der Waals surface area contributed by atoms with Gasteiger partial charge in [0.1, 0.15) is 0 Å².